The van der Waals surface area contributed by atoms with Crippen LogP contribution >= 0.6 is 0 Å². The van der Waals surface area contributed by atoms with Crippen LogP contribution in [-0.4, -0.2) is 34.2 Å². The first-order chi connectivity index (χ1) is 12.4. The molecule has 0 unspecified atom stereocenters. The summed E-state index contributed by atoms with van der Waals surface area (Å²) in [4.78, 5) is 46.5. The molecule has 1 aliphatic rings. The molecule has 3 rings (SSSR count). The highest BCUT2D eigenvalue weighted by atomic mass is 16.6. The van der Waals surface area contributed by atoms with Gasteiger partial charge in [-0.25, -0.2) is 4.79 Å². The second-order valence-electron chi connectivity index (χ2n) is 5.59. The normalized spacial score (nSPS) is 13.5. The summed E-state index contributed by atoms with van der Waals surface area (Å²) in [5, 5.41) is 15.7. The minimum atomic E-state index is -0.518. The molecule has 1 aliphatic heterocycles. The lowest BCUT2D eigenvalue weighted by atomic mass is 10.1. The van der Waals surface area contributed by atoms with Gasteiger partial charge in [0.15, 0.2) is 0 Å². The van der Waals surface area contributed by atoms with Gasteiger partial charge in [-0.1, -0.05) is 12.1 Å². The van der Waals surface area contributed by atoms with Crippen LogP contribution in [-0.2, 0) is 11.3 Å². The highest BCUT2D eigenvalue weighted by molar-refractivity contribution is 6.04. The maximum absolute atomic E-state index is 12.2. The Hall–Kier alpha value is -3.75. The van der Waals surface area contributed by atoms with Crippen LogP contribution in [0.1, 0.15) is 15.9 Å². The number of non-ortho nitro benzene ring substituents is 1. The van der Waals surface area contributed by atoms with E-state index in [4.69, 9.17) is 0 Å². The number of nitro benzene ring substituents is 1. The van der Waals surface area contributed by atoms with Gasteiger partial charge >= 0.3 is 6.03 Å². The number of hydrogen-bond acceptors (Lipinski definition) is 5. The van der Waals surface area contributed by atoms with Gasteiger partial charge in [0.1, 0.15) is 0 Å². The van der Waals surface area contributed by atoms with Gasteiger partial charge in [0, 0.05) is 23.4 Å². The van der Waals surface area contributed by atoms with E-state index >= 15 is 0 Å². The molecule has 9 heteroatoms. The minimum Gasteiger partial charge on any atom is -0.329 e. The molecule has 132 valence electrons. The SMILES string of the molecule is O=C(Nc1ccc([N+](=O)[O-])cc1)c1ccc(CN2C(=O)CNC2=O)cc1. The Labute approximate surface area is 147 Å². The molecule has 1 fully saturated rings. The van der Waals surface area contributed by atoms with Gasteiger partial charge in [0.05, 0.1) is 18.0 Å². The van der Waals surface area contributed by atoms with E-state index in [1.807, 2.05) is 0 Å². The van der Waals surface area contributed by atoms with Crippen molar-refractivity contribution in [3.63, 3.8) is 0 Å². The number of rotatable bonds is 5. The number of nitro groups is 1. The number of urea groups is 1. The fourth-order valence-corrected chi connectivity index (χ4v) is 2.43. The first kappa shape index (κ1) is 17.1. The van der Waals surface area contributed by atoms with Crippen LogP contribution in [0.3, 0.4) is 0 Å². The van der Waals surface area contributed by atoms with E-state index < -0.39 is 11.0 Å². The zero-order valence-corrected chi connectivity index (χ0v) is 13.5. The molecule has 2 aromatic rings. The maximum atomic E-state index is 12.2. The molecule has 0 radical (unpaired) electrons. The van der Waals surface area contributed by atoms with Gasteiger partial charge in [-0.3, -0.25) is 24.6 Å². The first-order valence-electron chi connectivity index (χ1n) is 7.67. The predicted octanol–water partition coefficient (Wildman–Crippen LogP) is 1.90. The highest BCUT2D eigenvalue weighted by Crippen LogP contribution is 2.17. The zero-order chi connectivity index (χ0) is 18.7. The topological polar surface area (TPSA) is 122 Å². The standard InChI is InChI=1S/C17H14N4O5/c22-15-9-18-17(24)20(15)10-11-1-3-12(4-2-11)16(23)19-13-5-7-14(8-6-13)21(25)26/h1-8H,9-10H2,(H,18,24)(H,19,23). The largest absolute Gasteiger partial charge is 0.329 e. The van der Waals surface area contributed by atoms with Crippen molar-refractivity contribution in [1.82, 2.24) is 10.2 Å². The number of anilines is 1. The second kappa shape index (κ2) is 7.01. The number of amides is 4. The number of carbonyl (C=O) groups is 3. The molecular formula is C17H14N4O5. The molecule has 1 heterocycles. The molecule has 0 spiro atoms. The summed E-state index contributed by atoms with van der Waals surface area (Å²) in [5.74, 6) is -0.671. The third kappa shape index (κ3) is 3.66. The molecule has 9 nitrogen and oxygen atoms in total. The fraction of sp³-hybridized carbons (Fsp3) is 0.118. The van der Waals surface area contributed by atoms with E-state index in [1.165, 1.54) is 24.3 Å². The smallest absolute Gasteiger partial charge is 0.324 e. The van der Waals surface area contributed by atoms with E-state index in [1.54, 1.807) is 24.3 Å². The average molecular weight is 354 g/mol. The van der Waals surface area contributed by atoms with Gasteiger partial charge in [-0.15, -0.1) is 0 Å². The molecule has 0 atom stereocenters. The molecule has 0 saturated carbocycles. The van der Waals surface area contributed by atoms with Crippen molar-refractivity contribution < 1.29 is 19.3 Å². The number of benzene rings is 2. The molecule has 4 amide bonds. The van der Waals surface area contributed by atoms with E-state index in [9.17, 15) is 24.5 Å². The van der Waals surface area contributed by atoms with Gasteiger partial charge in [0.25, 0.3) is 11.6 Å². The van der Waals surface area contributed by atoms with Gasteiger partial charge < -0.3 is 10.6 Å². The van der Waals surface area contributed by atoms with Crippen molar-refractivity contribution in [2.75, 3.05) is 11.9 Å². The first-order valence-corrected chi connectivity index (χ1v) is 7.67. The third-order valence-corrected chi connectivity index (χ3v) is 3.83. The summed E-state index contributed by atoms with van der Waals surface area (Å²) < 4.78 is 0. The Morgan fingerprint density at radius 3 is 2.31 bits per heavy atom. The molecule has 1 saturated heterocycles. The summed E-state index contributed by atoms with van der Waals surface area (Å²) in [7, 11) is 0. The lowest BCUT2D eigenvalue weighted by molar-refractivity contribution is -0.384. The Morgan fingerprint density at radius 1 is 1.12 bits per heavy atom. The highest BCUT2D eigenvalue weighted by Gasteiger charge is 2.28. The van der Waals surface area contributed by atoms with Crippen molar-refractivity contribution in [3.05, 3.63) is 69.8 Å². The van der Waals surface area contributed by atoms with Crippen molar-refractivity contribution >= 4 is 29.2 Å². The second-order valence-corrected chi connectivity index (χ2v) is 5.59. The Balaban J connectivity index is 1.64. The van der Waals surface area contributed by atoms with Crippen LogP contribution in [0.25, 0.3) is 0 Å². The van der Waals surface area contributed by atoms with Crippen molar-refractivity contribution in [1.29, 1.82) is 0 Å². The average Bonchev–Trinajstić information content (AvgIpc) is 2.94. The van der Waals surface area contributed by atoms with Crippen molar-refractivity contribution in [2.24, 2.45) is 0 Å². The van der Waals surface area contributed by atoms with Crippen LogP contribution in [0.2, 0.25) is 0 Å². The lowest BCUT2D eigenvalue weighted by Crippen LogP contribution is -2.30. The van der Waals surface area contributed by atoms with Gasteiger partial charge in [-0.2, -0.15) is 0 Å². The Bertz CT molecular complexity index is 861. The predicted molar refractivity (Wildman–Crippen MR) is 91.4 cm³/mol. The van der Waals surface area contributed by atoms with Gasteiger partial charge in [-0.05, 0) is 29.8 Å². The van der Waals surface area contributed by atoms with Crippen LogP contribution < -0.4 is 10.6 Å². The van der Waals surface area contributed by atoms with E-state index in [2.05, 4.69) is 10.6 Å². The zero-order valence-electron chi connectivity index (χ0n) is 13.5. The minimum absolute atomic E-state index is 0.00540. The summed E-state index contributed by atoms with van der Waals surface area (Å²) >= 11 is 0. The molecule has 0 aromatic heterocycles. The summed E-state index contributed by atoms with van der Waals surface area (Å²) in [5.41, 5.74) is 1.46. The van der Waals surface area contributed by atoms with E-state index in [0.29, 0.717) is 16.8 Å². The fourth-order valence-electron chi connectivity index (χ4n) is 2.43. The lowest BCUT2D eigenvalue weighted by Gasteiger charge is -2.12. The molecular weight excluding hydrogens is 340 g/mol. The number of nitrogens with zero attached hydrogens (tertiary/aromatic N) is 2. The van der Waals surface area contributed by atoms with E-state index in [0.717, 1.165) is 4.90 Å². The van der Waals surface area contributed by atoms with Gasteiger partial charge in [0.2, 0.25) is 5.91 Å². The quantitative estimate of drug-likeness (QED) is 0.482. The van der Waals surface area contributed by atoms with Crippen LogP contribution in [0.15, 0.2) is 48.5 Å². The van der Waals surface area contributed by atoms with E-state index in [-0.39, 0.29) is 30.6 Å². The van der Waals surface area contributed by atoms with Crippen molar-refractivity contribution in [3.8, 4) is 0 Å². The Morgan fingerprint density at radius 2 is 1.77 bits per heavy atom. The third-order valence-electron chi connectivity index (χ3n) is 3.83. The number of imide groups is 1. The molecule has 26 heavy (non-hydrogen) atoms. The maximum Gasteiger partial charge on any atom is 0.324 e. The molecule has 2 aromatic carbocycles. The van der Waals surface area contributed by atoms with Crippen molar-refractivity contribution in [2.45, 2.75) is 6.54 Å². The van der Waals surface area contributed by atoms with Crippen LogP contribution in [0.4, 0.5) is 16.2 Å². The molecule has 0 aliphatic carbocycles. The molecule has 2 N–H and O–H groups in total. The summed E-state index contributed by atoms with van der Waals surface area (Å²) in [6.45, 7) is 0.128. The van der Waals surface area contributed by atoms with Crippen LogP contribution in [0, 0.1) is 10.1 Å². The monoisotopic (exact) mass is 354 g/mol. The molecule has 0 bridgehead atoms. The Kier molecular flexibility index (Phi) is 4.61. The summed E-state index contributed by atoms with van der Waals surface area (Å²) in [6, 6.07) is 11.5. The summed E-state index contributed by atoms with van der Waals surface area (Å²) in [6.07, 6.45) is 0. The number of carbonyl (C=O) groups excluding carboxylic acids is 3. The van der Waals surface area contributed by atoms with Crippen LogP contribution in [0.5, 0.6) is 0 Å². The number of hydrogen-bond donors (Lipinski definition) is 2. The number of nitrogens with one attached hydrogen (secondary N) is 2.